The van der Waals surface area contributed by atoms with E-state index in [1.807, 2.05) is 28.7 Å². The van der Waals surface area contributed by atoms with Gasteiger partial charge in [0.05, 0.1) is 19.4 Å². The lowest BCUT2D eigenvalue weighted by molar-refractivity contribution is -0.122. The van der Waals surface area contributed by atoms with Gasteiger partial charge in [0.25, 0.3) is 0 Å². The monoisotopic (exact) mass is 340 g/mol. The van der Waals surface area contributed by atoms with Crippen LogP contribution < -0.4 is 10.2 Å². The summed E-state index contributed by atoms with van der Waals surface area (Å²) >= 11 is 0. The third-order valence-electron chi connectivity index (χ3n) is 4.41. The molecule has 0 bridgehead atoms. The molecule has 1 N–H and O–H groups in total. The number of furan rings is 1. The zero-order chi connectivity index (χ0) is 17.1. The highest BCUT2D eigenvalue weighted by Crippen LogP contribution is 2.17. The van der Waals surface area contributed by atoms with Crippen molar-refractivity contribution in [2.24, 2.45) is 0 Å². The Balaban J connectivity index is 1.29. The summed E-state index contributed by atoms with van der Waals surface area (Å²) in [5.41, 5.74) is 0.845. The molecule has 8 heteroatoms. The first kappa shape index (κ1) is 15.6. The summed E-state index contributed by atoms with van der Waals surface area (Å²) in [5, 5.41) is 10.9. The van der Waals surface area contributed by atoms with Gasteiger partial charge in [0.1, 0.15) is 17.9 Å². The Morgan fingerprint density at radius 1 is 1.16 bits per heavy atom. The second-order valence-electron chi connectivity index (χ2n) is 6.06. The zero-order valence-corrected chi connectivity index (χ0v) is 13.8. The molecule has 1 aliphatic rings. The summed E-state index contributed by atoms with van der Waals surface area (Å²) in [7, 11) is 0. The number of fused-ring (bicyclic) bond motifs is 1. The first-order chi connectivity index (χ1) is 12.3. The molecule has 3 aromatic heterocycles. The summed E-state index contributed by atoms with van der Waals surface area (Å²) in [6.07, 6.45) is 3.34. The fourth-order valence-corrected chi connectivity index (χ4v) is 3.09. The van der Waals surface area contributed by atoms with Crippen molar-refractivity contribution in [2.75, 3.05) is 37.6 Å². The van der Waals surface area contributed by atoms with Crippen molar-refractivity contribution in [3.63, 3.8) is 0 Å². The summed E-state index contributed by atoms with van der Waals surface area (Å²) in [6, 6.07) is 9.67. The average molecular weight is 340 g/mol. The molecule has 0 aromatic carbocycles. The second kappa shape index (κ2) is 6.94. The molecule has 25 heavy (non-hydrogen) atoms. The van der Waals surface area contributed by atoms with Gasteiger partial charge in [-0.2, -0.15) is 0 Å². The van der Waals surface area contributed by atoms with Crippen molar-refractivity contribution < 1.29 is 9.21 Å². The van der Waals surface area contributed by atoms with Gasteiger partial charge in [-0.25, -0.2) is 0 Å². The summed E-state index contributed by atoms with van der Waals surface area (Å²) in [6.45, 7) is 4.25. The van der Waals surface area contributed by atoms with E-state index in [4.69, 9.17) is 4.42 Å². The first-order valence-electron chi connectivity index (χ1n) is 8.35. The number of carbonyl (C=O) groups is 1. The lowest BCUT2D eigenvalue weighted by atomic mass is 10.3. The molecule has 8 nitrogen and oxygen atoms in total. The van der Waals surface area contributed by atoms with E-state index in [2.05, 4.69) is 31.4 Å². The van der Waals surface area contributed by atoms with Gasteiger partial charge in [0, 0.05) is 26.2 Å². The highest BCUT2D eigenvalue weighted by atomic mass is 16.3. The number of pyridine rings is 1. The number of piperazine rings is 1. The number of nitrogens with zero attached hydrogens (tertiary/aromatic N) is 5. The Morgan fingerprint density at radius 3 is 2.84 bits per heavy atom. The molecule has 0 unspecified atom stereocenters. The Bertz CT molecular complexity index is 836. The van der Waals surface area contributed by atoms with Gasteiger partial charge >= 0.3 is 0 Å². The molecule has 0 aliphatic carbocycles. The maximum atomic E-state index is 12.1. The van der Waals surface area contributed by atoms with E-state index in [9.17, 15) is 4.79 Å². The largest absolute Gasteiger partial charge is 0.467 e. The van der Waals surface area contributed by atoms with Gasteiger partial charge < -0.3 is 14.6 Å². The predicted molar refractivity (Wildman–Crippen MR) is 92.2 cm³/mol. The lowest BCUT2D eigenvalue weighted by Gasteiger charge is -2.35. The van der Waals surface area contributed by atoms with Crippen LogP contribution in [-0.4, -0.2) is 58.1 Å². The van der Waals surface area contributed by atoms with Gasteiger partial charge in [-0.1, -0.05) is 6.07 Å². The third kappa shape index (κ3) is 3.48. The minimum Gasteiger partial charge on any atom is -0.467 e. The van der Waals surface area contributed by atoms with E-state index < -0.39 is 0 Å². The molecule has 3 aromatic rings. The molecule has 130 valence electrons. The highest BCUT2D eigenvalue weighted by Gasteiger charge is 2.20. The standard InChI is InChI=1S/C17H20N6O2/c24-16(18-11-14-3-2-10-25-14)12-21-6-8-22(9-7-21)17-5-1-4-15-20-19-13-23(15)17/h1-5,10,13H,6-9,11-12H2,(H,18,24). The maximum absolute atomic E-state index is 12.1. The zero-order valence-electron chi connectivity index (χ0n) is 13.8. The Morgan fingerprint density at radius 2 is 2.04 bits per heavy atom. The molecule has 0 radical (unpaired) electrons. The number of nitrogens with one attached hydrogen (secondary N) is 1. The third-order valence-corrected chi connectivity index (χ3v) is 4.41. The normalized spacial score (nSPS) is 15.6. The van der Waals surface area contributed by atoms with Gasteiger partial charge in [0.15, 0.2) is 5.65 Å². The van der Waals surface area contributed by atoms with E-state index in [0.717, 1.165) is 43.4 Å². The highest BCUT2D eigenvalue weighted by molar-refractivity contribution is 5.78. The molecular weight excluding hydrogens is 320 g/mol. The van der Waals surface area contributed by atoms with E-state index in [1.165, 1.54) is 0 Å². The van der Waals surface area contributed by atoms with E-state index in [0.29, 0.717) is 13.1 Å². The van der Waals surface area contributed by atoms with Crippen molar-refractivity contribution in [3.8, 4) is 0 Å². The number of aromatic nitrogens is 3. The average Bonchev–Trinajstić information content (AvgIpc) is 3.32. The van der Waals surface area contributed by atoms with Crippen molar-refractivity contribution in [3.05, 3.63) is 48.7 Å². The fraction of sp³-hybridized carbons (Fsp3) is 0.353. The number of hydrogen-bond donors (Lipinski definition) is 1. The quantitative estimate of drug-likeness (QED) is 0.739. The maximum Gasteiger partial charge on any atom is 0.234 e. The van der Waals surface area contributed by atoms with Crippen LogP contribution in [0.5, 0.6) is 0 Å². The van der Waals surface area contributed by atoms with Crippen LogP contribution in [0.1, 0.15) is 5.76 Å². The van der Waals surface area contributed by atoms with E-state index in [-0.39, 0.29) is 5.91 Å². The van der Waals surface area contributed by atoms with Crippen LogP contribution >= 0.6 is 0 Å². The van der Waals surface area contributed by atoms with E-state index >= 15 is 0 Å². The van der Waals surface area contributed by atoms with Crippen LogP contribution in [0.2, 0.25) is 0 Å². The minimum atomic E-state index is 0.0192. The minimum absolute atomic E-state index is 0.0192. The molecule has 0 saturated carbocycles. The Labute approximate surface area is 145 Å². The number of hydrogen-bond acceptors (Lipinski definition) is 6. The summed E-state index contributed by atoms with van der Waals surface area (Å²) in [5.74, 6) is 1.87. The Kier molecular flexibility index (Phi) is 4.34. The molecule has 4 heterocycles. The van der Waals surface area contributed by atoms with Crippen molar-refractivity contribution in [2.45, 2.75) is 6.54 Å². The van der Waals surface area contributed by atoms with Crippen LogP contribution in [-0.2, 0) is 11.3 Å². The molecule has 1 aliphatic heterocycles. The predicted octanol–water partition coefficient (Wildman–Crippen LogP) is 0.761. The van der Waals surface area contributed by atoms with Crippen LogP contribution in [0.25, 0.3) is 5.65 Å². The number of rotatable bonds is 5. The van der Waals surface area contributed by atoms with Crippen LogP contribution in [0, 0.1) is 0 Å². The fourth-order valence-electron chi connectivity index (χ4n) is 3.09. The summed E-state index contributed by atoms with van der Waals surface area (Å²) < 4.78 is 7.21. The van der Waals surface area contributed by atoms with Gasteiger partial charge in [-0.15, -0.1) is 10.2 Å². The second-order valence-corrected chi connectivity index (χ2v) is 6.06. The van der Waals surface area contributed by atoms with Crippen molar-refractivity contribution in [1.29, 1.82) is 0 Å². The lowest BCUT2D eigenvalue weighted by Crippen LogP contribution is -2.49. The SMILES string of the molecule is O=C(CN1CCN(c2cccc3nncn23)CC1)NCc1ccco1. The van der Waals surface area contributed by atoms with Gasteiger partial charge in [-0.3, -0.25) is 14.1 Å². The number of anilines is 1. The topological polar surface area (TPSA) is 78.9 Å². The molecule has 1 fully saturated rings. The van der Waals surface area contributed by atoms with Crippen LogP contribution in [0.4, 0.5) is 5.82 Å². The molecule has 1 saturated heterocycles. The molecule has 0 atom stereocenters. The van der Waals surface area contributed by atoms with Crippen LogP contribution in [0.3, 0.4) is 0 Å². The smallest absolute Gasteiger partial charge is 0.234 e. The van der Waals surface area contributed by atoms with Gasteiger partial charge in [0.2, 0.25) is 5.91 Å². The van der Waals surface area contributed by atoms with Gasteiger partial charge in [-0.05, 0) is 24.3 Å². The first-order valence-corrected chi connectivity index (χ1v) is 8.35. The van der Waals surface area contributed by atoms with Crippen LogP contribution in [0.15, 0.2) is 47.3 Å². The number of carbonyl (C=O) groups excluding carboxylic acids is 1. The van der Waals surface area contributed by atoms with Crippen molar-refractivity contribution >= 4 is 17.4 Å². The van der Waals surface area contributed by atoms with Crippen molar-refractivity contribution in [1.82, 2.24) is 24.8 Å². The molecule has 1 amide bonds. The molecule has 4 rings (SSSR count). The Hall–Kier alpha value is -2.87. The molecule has 0 spiro atoms. The number of amides is 1. The van der Waals surface area contributed by atoms with E-state index in [1.54, 1.807) is 12.6 Å². The summed E-state index contributed by atoms with van der Waals surface area (Å²) in [4.78, 5) is 16.5. The molecular formula is C17H20N6O2.